The van der Waals surface area contributed by atoms with Crippen LogP contribution in [0.25, 0.3) is 11.0 Å². The van der Waals surface area contributed by atoms with Crippen molar-refractivity contribution in [3.05, 3.63) is 84.7 Å². The quantitative estimate of drug-likeness (QED) is 0.332. The van der Waals surface area contributed by atoms with E-state index in [0.717, 1.165) is 50.2 Å². The van der Waals surface area contributed by atoms with Crippen molar-refractivity contribution in [3.63, 3.8) is 0 Å². The molecule has 0 radical (unpaired) electrons. The van der Waals surface area contributed by atoms with Crippen molar-refractivity contribution in [1.82, 2.24) is 28.9 Å². The van der Waals surface area contributed by atoms with Gasteiger partial charge < -0.3 is 9.47 Å². The molecule has 1 amide bonds. The highest BCUT2D eigenvalue weighted by atomic mass is 16.2. The van der Waals surface area contributed by atoms with Gasteiger partial charge in [-0.2, -0.15) is 0 Å². The maximum atomic E-state index is 13.0. The van der Waals surface area contributed by atoms with Gasteiger partial charge >= 0.3 is 6.03 Å². The highest BCUT2D eigenvalue weighted by Crippen LogP contribution is 2.45. The second-order valence-electron chi connectivity index (χ2n) is 11.9. The van der Waals surface area contributed by atoms with Crippen LogP contribution in [0, 0.1) is 6.92 Å². The molecule has 0 spiro atoms. The van der Waals surface area contributed by atoms with E-state index in [-0.39, 0.29) is 11.4 Å². The number of aryl methyl sites for hydroxylation is 1. The van der Waals surface area contributed by atoms with Gasteiger partial charge in [-0.1, -0.05) is 42.5 Å². The van der Waals surface area contributed by atoms with Crippen LogP contribution in [0.1, 0.15) is 62.4 Å². The molecular formula is C32H38N6O. The molecule has 3 aliphatic rings. The Morgan fingerprint density at radius 2 is 1.67 bits per heavy atom. The Balaban J connectivity index is 1.07. The normalized spacial score (nSPS) is 24.8. The average Bonchev–Trinajstić information content (AvgIpc) is 3.68. The Hall–Kier alpha value is -3.45. The lowest BCUT2D eigenvalue weighted by atomic mass is 9.70. The third-order valence-electron chi connectivity index (χ3n) is 9.95. The maximum absolute atomic E-state index is 13.0. The standard InChI is InChI=1S/C32H38N6O/c1-24-34-29-9-5-6-10-30(29)38(24)28-21-26-11-12-27(22-28)37(26)19-15-32(25-7-3-2-4-8-25)13-17-35(18-14-32)31(39)36-20-16-33-23-36/h2-10,16,20,23,26-28H,11-15,17-19,21-22H2,1H3/t26-,27+,28?. The van der Waals surface area contributed by atoms with Crippen LogP contribution in [0.2, 0.25) is 0 Å². The van der Waals surface area contributed by atoms with Crippen LogP contribution in [0.15, 0.2) is 73.3 Å². The van der Waals surface area contributed by atoms with E-state index in [1.807, 2.05) is 4.90 Å². The number of fused-ring (bicyclic) bond motifs is 3. The van der Waals surface area contributed by atoms with Crippen LogP contribution in [0.5, 0.6) is 0 Å². The van der Waals surface area contributed by atoms with Crippen molar-refractivity contribution in [1.29, 1.82) is 0 Å². The van der Waals surface area contributed by atoms with Crippen LogP contribution in [-0.4, -0.2) is 66.7 Å². The zero-order chi connectivity index (χ0) is 26.4. The van der Waals surface area contributed by atoms with Crippen LogP contribution in [0.3, 0.4) is 0 Å². The Kier molecular flexibility index (Phi) is 6.26. The Morgan fingerprint density at radius 3 is 2.38 bits per heavy atom. The van der Waals surface area contributed by atoms with E-state index in [0.29, 0.717) is 18.1 Å². The summed E-state index contributed by atoms with van der Waals surface area (Å²) in [5, 5.41) is 0. The van der Waals surface area contributed by atoms with Gasteiger partial charge in [0.05, 0.1) is 11.0 Å². The van der Waals surface area contributed by atoms with E-state index in [1.165, 1.54) is 36.8 Å². The minimum Gasteiger partial charge on any atom is -0.325 e. The van der Waals surface area contributed by atoms with Gasteiger partial charge in [-0.25, -0.2) is 14.8 Å². The zero-order valence-corrected chi connectivity index (χ0v) is 22.8. The Morgan fingerprint density at radius 1 is 0.949 bits per heavy atom. The first-order chi connectivity index (χ1) is 19.1. The van der Waals surface area contributed by atoms with Crippen LogP contribution in [-0.2, 0) is 5.41 Å². The van der Waals surface area contributed by atoms with Crippen molar-refractivity contribution < 1.29 is 4.79 Å². The fourth-order valence-electron chi connectivity index (χ4n) is 7.93. The average molecular weight is 523 g/mol. The highest BCUT2D eigenvalue weighted by molar-refractivity contribution is 5.77. The predicted octanol–water partition coefficient (Wildman–Crippen LogP) is 5.80. The second kappa shape index (κ2) is 9.94. The van der Waals surface area contributed by atoms with Gasteiger partial charge in [0.1, 0.15) is 12.2 Å². The van der Waals surface area contributed by atoms with Crippen molar-refractivity contribution in [2.24, 2.45) is 0 Å². The first kappa shape index (κ1) is 24.6. The van der Waals surface area contributed by atoms with E-state index < -0.39 is 0 Å². The third-order valence-corrected chi connectivity index (χ3v) is 9.95. The maximum Gasteiger partial charge on any atom is 0.329 e. The lowest BCUT2D eigenvalue weighted by molar-refractivity contribution is 0.0859. The molecule has 2 aromatic carbocycles. The number of carbonyl (C=O) groups is 1. The minimum atomic E-state index is 0.0385. The number of imidazole rings is 2. The van der Waals surface area contributed by atoms with Crippen LogP contribution >= 0.6 is 0 Å². The Bertz CT molecular complexity index is 1420. The molecule has 7 rings (SSSR count). The molecule has 1 unspecified atom stereocenters. The number of nitrogens with zero attached hydrogens (tertiary/aromatic N) is 6. The van der Waals surface area contributed by atoms with Crippen molar-refractivity contribution >= 4 is 17.1 Å². The molecule has 0 saturated carbocycles. The van der Waals surface area contributed by atoms with Gasteiger partial charge in [0.15, 0.2) is 0 Å². The SMILES string of the molecule is Cc1nc2ccccc2n1C1C[C@H]2CC[C@@H](C1)N2CCC1(c2ccccc2)CCN(C(=O)n2ccnc2)CC1. The van der Waals surface area contributed by atoms with Crippen molar-refractivity contribution in [3.8, 4) is 0 Å². The lowest BCUT2D eigenvalue weighted by Crippen LogP contribution is -2.49. The molecule has 0 aliphatic carbocycles. The summed E-state index contributed by atoms with van der Waals surface area (Å²) >= 11 is 0. The summed E-state index contributed by atoms with van der Waals surface area (Å²) in [5.74, 6) is 1.15. The van der Waals surface area contributed by atoms with E-state index in [1.54, 1.807) is 23.3 Å². The number of aromatic nitrogens is 4. The largest absolute Gasteiger partial charge is 0.329 e. The van der Waals surface area contributed by atoms with E-state index >= 15 is 0 Å². The van der Waals surface area contributed by atoms with E-state index in [4.69, 9.17) is 4.98 Å². The summed E-state index contributed by atoms with van der Waals surface area (Å²) in [5.41, 5.74) is 3.95. The topological polar surface area (TPSA) is 59.2 Å². The minimum absolute atomic E-state index is 0.0385. The second-order valence-corrected chi connectivity index (χ2v) is 11.9. The molecule has 2 aromatic heterocycles. The number of carbonyl (C=O) groups excluding carboxylic acids is 1. The molecule has 0 N–H and O–H groups in total. The molecule has 7 heteroatoms. The third kappa shape index (κ3) is 4.37. The van der Waals surface area contributed by atoms with Crippen molar-refractivity contribution in [2.45, 2.75) is 75.4 Å². The zero-order valence-electron chi connectivity index (χ0n) is 22.8. The smallest absolute Gasteiger partial charge is 0.325 e. The van der Waals surface area contributed by atoms with Crippen LogP contribution in [0.4, 0.5) is 4.79 Å². The Labute approximate surface area is 230 Å². The van der Waals surface area contributed by atoms with Gasteiger partial charge in [-0.3, -0.25) is 9.47 Å². The predicted molar refractivity (Wildman–Crippen MR) is 153 cm³/mol. The molecule has 3 aliphatic heterocycles. The molecule has 3 fully saturated rings. The van der Waals surface area contributed by atoms with Gasteiger partial charge in [0, 0.05) is 43.6 Å². The summed E-state index contributed by atoms with van der Waals surface area (Å²) in [6.45, 7) is 4.87. The van der Waals surface area contributed by atoms with Gasteiger partial charge in [0.2, 0.25) is 0 Å². The number of hydrogen-bond acceptors (Lipinski definition) is 4. The molecule has 39 heavy (non-hydrogen) atoms. The number of hydrogen-bond donors (Lipinski definition) is 0. The molecule has 7 nitrogen and oxygen atoms in total. The fourth-order valence-corrected chi connectivity index (χ4v) is 7.93. The lowest BCUT2D eigenvalue weighted by Gasteiger charge is -2.45. The molecule has 5 heterocycles. The first-order valence-corrected chi connectivity index (χ1v) is 14.6. The fraction of sp³-hybridized carbons (Fsp3) is 0.469. The number of amides is 1. The number of para-hydroxylation sites is 2. The van der Waals surface area contributed by atoms with E-state index in [2.05, 4.69) is 76.0 Å². The molecule has 2 bridgehead atoms. The van der Waals surface area contributed by atoms with E-state index in [9.17, 15) is 4.79 Å². The van der Waals surface area contributed by atoms with Gasteiger partial charge in [0.25, 0.3) is 0 Å². The summed E-state index contributed by atoms with van der Waals surface area (Å²) < 4.78 is 4.12. The molecule has 202 valence electrons. The number of benzene rings is 2. The number of likely N-dealkylation sites (tertiary alicyclic amines) is 1. The summed E-state index contributed by atoms with van der Waals surface area (Å²) in [6, 6.07) is 21.5. The summed E-state index contributed by atoms with van der Waals surface area (Å²) in [7, 11) is 0. The highest BCUT2D eigenvalue weighted by Gasteiger charge is 2.44. The summed E-state index contributed by atoms with van der Waals surface area (Å²) in [4.78, 5) is 26.7. The number of rotatable bonds is 5. The van der Waals surface area contributed by atoms with Crippen LogP contribution < -0.4 is 0 Å². The van der Waals surface area contributed by atoms with Gasteiger partial charge in [-0.05, 0) is 81.5 Å². The van der Waals surface area contributed by atoms with Gasteiger partial charge in [-0.15, -0.1) is 0 Å². The molecular weight excluding hydrogens is 484 g/mol. The summed E-state index contributed by atoms with van der Waals surface area (Å²) in [6.07, 6.45) is 13.2. The number of piperidine rings is 2. The monoisotopic (exact) mass is 522 g/mol. The molecule has 3 atom stereocenters. The molecule has 4 aromatic rings. The molecule has 3 saturated heterocycles. The van der Waals surface area contributed by atoms with Crippen molar-refractivity contribution in [2.75, 3.05) is 19.6 Å². The first-order valence-electron chi connectivity index (χ1n) is 14.6.